The molecule has 0 radical (unpaired) electrons. The van der Waals surface area contributed by atoms with Crippen molar-refractivity contribution in [1.29, 1.82) is 0 Å². The lowest BCUT2D eigenvalue weighted by atomic mass is 9.91. The summed E-state index contributed by atoms with van der Waals surface area (Å²) < 4.78 is 0. The predicted octanol–water partition coefficient (Wildman–Crippen LogP) is 5.21. The Morgan fingerprint density at radius 3 is 2.77 bits per heavy atom. The number of hydrogen-bond donors (Lipinski definition) is 0. The van der Waals surface area contributed by atoms with E-state index in [4.69, 9.17) is 0 Å². The van der Waals surface area contributed by atoms with Gasteiger partial charge in [0.15, 0.2) is 0 Å². The van der Waals surface area contributed by atoms with Gasteiger partial charge in [-0.3, -0.25) is 4.79 Å². The normalized spacial score (nSPS) is 17.5. The van der Waals surface area contributed by atoms with Crippen LogP contribution in [0.3, 0.4) is 0 Å². The molecule has 1 aromatic heterocycles. The number of carbonyl (C=O) groups excluding carboxylic acids is 2. The summed E-state index contributed by atoms with van der Waals surface area (Å²) in [6.07, 6.45) is 4.13. The third-order valence-electron chi connectivity index (χ3n) is 5.78. The van der Waals surface area contributed by atoms with E-state index in [2.05, 4.69) is 29.2 Å². The first kappa shape index (κ1) is 20.5. The number of benzene rings is 2. The van der Waals surface area contributed by atoms with E-state index in [1.807, 2.05) is 47.5 Å². The molecule has 0 saturated carbocycles. The highest BCUT2D eigenvalue weighted by Crippen LogP contribution is 2.31. The van der Waals surface area contributed by atoms with E-state index in [9.17, 15) is 9.59 Å². The molecule has 1 saturated heterocycles. The number of hydrogen-bond acceptors (Lipinski definition) is 4. The number of likely N-dealkylation sites (tertiary alicyclic amines) is 1. The van der Waals surface area contributed by atoms with Gasteiger partial charge in [0.1, 0.15) is 17.0 Å². The second kappa shape index (κ2) is 9.35. The van der Waals surface area contributed by atoms with Crippen LogP contribution in [0, 0.1) is 5.92 Å². The standard InChI is InChI=1S/C25H26N2O2S/c1-18(16-28)21-11-5-6-12-22(21)24-26-23(17-30-24)25(29)27-13-7-10-20(15-27)14-19-8-3-2-4-9-19/h2-6,8-9,11-12,16-18,20H,7,10,13-15H2,1H3. The molecule has 1 aliphatic heterocycles. The molecule has 0 N–H and O–H groups in total. The summed E-state index contributed by atoms with van der Waals surface area (Å²) in [5.41, 5.74) is 3.71. The number of rotatable bonds is 6. The zero-order valence-electron chi connectivity index (χ0n) is 17.2. The highest BCUT2D eigenvalue weighted by Gasteiger charge is 2.26. The van der Waals surface area contributed by atoms with Gasteiger partial charge in [0.2, 0.25) is 0 Å². The Balaban J connectivity index is 1.48. The van der Waals surface area contributed by atoms with E-state index < -0.39 is 0 Å². The topological polar surface area (TPSA) is 50.3 Å². The molecule has 5 heteroatoms. The van der Waals surface area contributed by atoms with Crippen LogP contribution in [0.15, 0.2) is 60.0 Å². The van der Waals surface area contributed by atoms with Gasteiger partial charge in [0, 0.05) is 30.0 Å². The van der Waals surface area contributed by atoms with Crippen molar-refractivity contribution in [3.05, 3.63) is 76.8 Å². The summed E-state index contributed by atoms with van der Waals surface area (Å²) in [6.45, 7) is 3.45. The minimum Gasteiger partial charge on any atom is -0.337 e. The molecular formula is C25H26N2O2S. The van der Waals surface area contributed by atoms with Crippen molar-refractivity contribution < 1.29 is 9.59 Å². The molecular weight excluding hydrogens is 392 g/mol. The van der Waals surface area contributed by atoms with E-state index in [0.29, 0.717) is 11.6 Å². The van der Waals surface area contributed by atoms with E-state index in [-0.39, 0.29) is 11.8 Å². The SMILES string of the molecule is CC(C=O)c1ccccc1-c1nc(C(=O)N2CCCC(Cc3ccccc3)C2)cs1. The van der Waals surface area contributed by atoms with Crippen molar-refractivity contribution in [3.63, 3.8) is 0 Å². The van der Waals surface area contributed by atoms with Gasteiger partial charge in [-0.25, -0.2) is 4.98 Å². The molecule has 0 aliphatic carbocycles. The molecule has 4 rings (SSSR count). The lowest BCUT2D eigenvalue weighted by Crippen LogP contribution is -2.40. The van der Waals surface area contributed by atoms with Crippen molar-refractivity contribution in [2.45, 2.75) is 32.1 Å². The Hall–Kier alpha value is -2.79. The van der Waals surface area contributed by atoms with Crippen molar-refractivity contribution >= 4 is 23.5 Å². The van der Waals surface area contributed by atoms with Gasteiger partial charge in [-0.2, -0.15) is 0 Å². The molecule has 1 fully saturated rings. The molecule has 0 bridgehead atoms. The largest absolute Gasteiger partial charge is 0.337 e. The van der Waals surface area contributed by atoms with E-state index in [1.54, 1.807) is 0 Å². The summed E-state index contributed by atoms with van der Waals surface area (Å²) >= 11 is 1.47. The third-order valence-corrected chi connectivity index (χ3v) is 6.66. The van der Waals surface area contributed by atoms with Crippen LogP contribution in [0.4, 0.5) is 0 Å². The average Bonchev–Trinajstić information content (AvgIpc) is 3.29. The number of thiazole rings is 1. The number of amides is 1. The van der Waals surface area contributed by atoms with Crippen molar-refractivity contribution in [1.82, 2.24) is 9.88 Å². The molecule has 30 heavy (non-hydrogen) atoms. The Bertz CT molecular complexity index is 1010. The smallest absolute Gasteiger partial charge is 0.273 e. The van der Waals surface area contributed by atoms with E-state index in [0.717, 1.165) is 54.8 Å². The van der Waals surface area contributed by atoms with Crippen LogP contribution in [0.2, 0.25) is 0 Å². The summed E-state index contributed by atoms with van der Waals surface area (Å²) in [5.74, 6) is 0.290. The quantitative estimate of drug-likeness (QED) is 0.517. The minimum absolute atomic E-state index is 0.0104. The molecule has 154 valence electrons. The summed E-state index contributed by atoms with van der Waals surface area (Å²) in [4.78, 5) is 31.0. The van der Waals surface area contributed by atoms with Crippen LogP contribution in [-0.2, 0) is 11.2 Å². The Morgan fingerprint density at radius 2 is 1.97 bits per heavy atom. The average molecular weight is 419 g/mol. The van der Waals surface area contributed by atoms with Gasteiger partial charge >= 0.3 is 0 Å². The van der Waals surface area contributed by atoms with Gasteiger partial charge in [-0.1, -0.05) is 61.5 Å². The first-order chi connectivity index (χ1) is 14.7. The molecule has 0 spiro atoms. The van der Waals surface area contributed by atoms with Gasteiger partial charge < -0.3 is 9.69 Å². The Morgan fingerprint density at radius 1 is 1.20 bits per heavy atom. The lowest BCUT2D eigenvalue weighted by Gasteiger charge is -2.32. The van der Waals surface area contributed by atoms with E-state index >= 15 is 0 Å². The molecule has 1 amide bonds. The first-order valence-electron chi connectivity index (χ1n) is 10.5. The fourth-order valence-corrected chi connectivity index (χ4v) is 5.02. The van der Waals surface area contributed by atoms with Crippen molar-refractivity contribution in [2.24, 2.45) is 5.92 Å². The summed E-state index contributed by atoms with van der Waals surface area (Å²) in [5, 5.41) is 2.64. The predicted molar refractivity (Wildman–Crippen MR) is 121 cm³/mol. The number of aromatic nitrogens is 1. The van der Waals surface area contributed by atoms with Gasteiger partial charge in [-0.05, 0) is 36.3 Å². The van der Waals surface area contributed by atoms with Crippen molar-refractivity contribution in [3.8, 4) is 10.6 Å². The third kappa shape index (κ3) is 4.51. The number of piperidine rings is 1. The minimum atomic E-state index is -0.204. The van der Waals surface area contributed by atoms with Gasteiger partial charge in [-0.15, -0.1) is 11.3 Å². The maximum Gasteiger partial charge on any atom is 0.273 e. The fraction of sp³-hybridized carbons (Fsp3) is 0.320. The zero-order chi connectivity index (χ0) is 20.9. The van der Waals surface area contributed by atoms with E-state index in [1.165, 1.54) is 16.9 Å². The molecule has 2 aromatic carbocycles. The number of aldehydes is 1. The van der Waals surface area contributed by atoms with Gasteiger partial charge in [0.25, 0.3) is 5.91 Å². The molecule has 4 nitrogen and oxygen atoms in total. The molecule has 2 unspecified atom stereocenters. The maximum atomic E-state index is 13.1. The molecule has 3 aromatic rings. The van der Waals surface area contributed by atoms with Crippen LogP contribution in [-0.4, -0.2) is 35.2 Å². The van der Waals surface area contributed by atoms with Crippen LogP contribution in [0.1, 0.15) is 47.3 Å². The molecule has 2 heterocycles. The summed E-state index contributed by atoms with van der Waals surface area (Å²) in [7, 11) is 0. The number of nitrogens with zero attached hydrogens (tertiary/aromatic N) is 2. The highest BCUT2D eigenvalue weighted by atomic mass is 32.1. The Labute approximate surface area is 181 Å². The second-order valence-corrected chi connectivity index (χ2v) is 8.86. The fourth-order valence-electron chi connectivity index (χ4n) is 4.18. The zero-order valence-corrected chi connectivity index (χ0v) is 18.0. The molecule has 2 atom stereocenters. The monoisotopic (exact) mass is 418 g/mol. The van der Waals surface area contributed by atoms with Crippen molar-refractivity contribution in [2.75, 3.05) is 13.1 Å². The lowest BCUT2D eigenvalue weighted by molar-refractivity contribution is -0.108. The van der Waals surface area contributed by atoms with Gasteiger partial charge in [0.05, 0.1) is 0 Å². The van der Waals surface area contributed by atoms with Crippen LogP contribution in [0.25, 0.3) is 10.6 Å². The number of carbonyl (C=O) groups is 2. The molecule has 1 aliphatic rings. The second-order valence-electron chi connectivity index (χ2n) is 8.00. The van der Waals surface area contributed by atoms with Crippen LogP contribution in [0.5, 0.6) is 0 Å². The van der Waals surface area contributed by atoms with Crippen LogP contribution < -0.4 is 0 Å². The first-order valence-corrected chi connectivity index (χ1v) is 11.4. The summed E-state index contributed by atoms with van der Waals surface area (Å²) in [6, 6.07) is 18.3. The maximum absolute atomic E-state index is 13.1. The highest BCUT2D eigenvalue weighted by molar-refractivity contribution is 7.13. The van der Waals surface area contributed by atoms with Crippen LogP contribution >= 0.6 is 11.3 Å². The Kier molecular flexibility index (Phi) is 6.38.